The van der Waals surface area contributed by atoms with Crippen LogP contribution in [0.25, 0.3) is 0 Å². The van der Waals surface area contributed by atoms with Crippen LogP contribution in [0.5, 0.6) is 0 Å². The van der Waals surface area contributed by atoms with Crippen molar-refractivity contribution in [3.8, 4) is 0 Å². The van der Waals surface area contributed by atoms with E-state index in [1.165, 1.54) is 12.8 Å². The van der Waals surface area contributed by atoms with E-state index in [9.17, 15) is 5.11 Å². The van der Waals surface area contributed by atoms with Gasteiger partial charge in [0, 0.05) is 12.5 Å². The summed E-state index contributed by atoms with van der Waals surface area (Å²) in [6.07, 6.45) is 4.62. The van der Waals surface area contributed by atoms with Gasteiger partial charge >= 0.3 is 0 Å². The Kier molecular flexibility index (Phi) is 1.06. The van der Waals surface area contributed by atoms with E-state index in [0.29, 0.717) is 5.92 Å². The van der Waals surface area contributed by atoms with Crippen molar-refractivity contribution in [1.82, 2.24) is 0 Å². The number of ether oxygens (including phenoxy) is 1. The van der Waals surface area contributed by atoms with Gasteiger partial charge in [0.2, 0.25) is 0 Å². The monoisotopic (exact) mass is 154 g/mol. The lowest BCUT2D eigenvalue weighted by Crippen LogP contribution is -2.32. The van der Waals surface area contributed by atoms with Crippen LogP contribution in [0.4, 0.5) is 0 Å². The molecule has 2 aliphatic carbocycles. The van der Waals surface area contributed by atoms with Crippen molar-refractivity contribution in [2.24, 2.45) is 11.8 Å². The minimum Gasteiger partial charge on any atom is -0.393 e. The minimum absolute atomic E-state index is 0.0515. The normalized spacial score (nSPS) is 55.4. The van der Waals surface area contributed by atoms with Crippen LogP contribution in [0.3, 0.4) is 0 Å². The molecule has 0 bridgehead atoms. The molecule has 0 amide bonds. The molecule has 3 aliphatic rings. The van der Waals surface area contributed by atoms with Gasteiger partial charge in [-0.3, -0.25) is 0 Å². The molecule has 1 aliphatic heterocycles. The first-order valence-electron chi connectivity index (χ1n) is 4.65. The van der Waals surface area contributed by atoms with Crippen LogP contribution >= 0.6 is 0 Å². The second kappa shape index (κ2) is 1.80. The maximum Gasteiger partial charge on any atom is 0.0768 e. The molecule has 0 aromatic heterocycles. The Labute approximate surface area is 66.5 Å². The summed E-state index contributed by atoms with van der Waals surface area (Å²) in [5.74, 6) is 1.31. The summed E-state index contributed by atoms with van der Waals surface area (Å²) in [6, 6.07) is 0. The second-order valence-corrected chi connectivity index (χ2v) is 4.24. The average molecular weight is 154 g/mol. The molecule has 2 saturated carbocycles. The zero-order chi connectivity index (χ0) is 7.47. The Hall–Kier alpha value is -0.0800. The summed E-state index contributed by atoms with van der Waals surface area (Å²) in [5, 5.41) is 9.58. The number of hydrogen-bond donors (Lipinski definition) is 1. The molecular weight excluding hydrogens is 140 g/mol. The lowest BCUT2D eigenvalue weighted by molar-refractivity contribution is -0.0642. The van der Waals surface area contributed by atoms with Gasteiger partial charge in [-0.15, -0.1) is 0 Å². The summed E-state index contributed by atoms with van der Waals surface area (Å²) >= 11 is 0. The van der Waals surface area contributed by atoms with Crippen LogP contribution in [-0.2, 0) is 4.74 Å². The standard InChI is InChI=1S/C9H14O2/c10-8-3-4-11-9(5-7(8)9)6-1-2-6/h6-8,10H,1-5H2. The van der Waals surface area contributed by atoms with Crippen molar-refractivity contribution in [2.75, 3.05) is 6.61 Å². The molecule has 1 heterocycles. The summed E-state index contributed by atoms with van der Waals surface area (Å²) in [5.41, 5.74) is 0.178. The fourth-order valence-corrected chi connectivity index (χ4v) is 2.64. The number of aliphatic hydroxyl groups excluding tert-OH is 1. The predicted octanol–water partition coefficient (Wildman–Crippen LogP) is 0.936. The summed E-state index contributed by atoms with van der Waals surface area (Å²) in [4.78, 5) is 0. The first kappa shape index (κ1) is 6.44. The van der Waals surface area contributed by atoms with E-state index in [1.807, 2.05) is 0 Å². The molecule has 0 aromatic rings. The Morgan fingerprint density at radius 2 is 2.09 bits per heavy atom. The Morgan fingerprint density at radius 1 is 1.27 bits per heavy atom. The first-order chi connectivity index (χ1) is 5.33. The molecule has 62 valence electrons. The molecule has 0 radical (unpaired) electrons. The number of aliphatic hydroxyl groups is 1. The van der Waals surface area contributed by atoms with Gasteiger partial charge in [-0.1, -0.05) is 0 Å². The quantitative estimate of drug-likeness (QED) is 0.609. The smallest absolute Gasteiger partial charge is 0.0768 e. The number of rotatable bonds is 1. The van der Waals surface area contributed by atoms with E-state index in [2.05, 4.69) is 0 Å². The number of fused-ring (bicyclic) bond motifs is 1. The van der Waals surface area contributed by atoms with Gasteiger partial charge in [0.1, 0.15) is 0 Å². The van der Waals surface area contributed by atoms with Gasteiger partial charge in [0.05, 0.1) is 11.7 Å². The first-order valence-corrected chi connectivity index (χ1v) is 4.65. The highest BCUT2D eigenvalue weighted by Gasteiger charge is 2.67. The predicted molar refractivity (Wildman–Crippen MR) is 40.1 cm³/mol. The maximum atomic E-state index is 9.58. The highest BCUT2D eigenvalue weighted by molar-refractivity contribution is 5.16. The third kappa shape index (κ3) is 0.744. The summed E-state index contributed by atoms with van der Waals surface area (Å²) in [6.45, 7) is 0.786. The Balaban J connectivity index is 1.80. The van der Waals surface area contributed by atoms with Crippen LogP contribution in [0.1, 0.15) is 25.7 Å². The fraction of sp³-hybridized carbons (Fsp3) is 1.00. The minimum atomic E-state index is -0.0515. The molecule has 1 N–H and O–H groups in total. The van der Waals surface area contributed by atoms with E-state index < -0.39 is 0 Å². The van der Waals surface area contributed by atoms with Crippen LogP contribution in [0.15, 0.2) is 0 Å². The largest absolute Gasteiger partial charge is 0.393 e. The molecule has 2 nitrogen and oxygen atoms in total. The van der Waals surface area contributed by atoms with Gasteiger partial charge in [0.25, 0.3) is 0 Å². The van der Waals surface area contributed by atoms with Crippen molar-refractivity contribution in [2.45, 2.75) is 37.4 Å². The maximum absolute atomic E-state index is 9.58. The lowest BCUT2D eigenvalue weighted by atomic mass is 10.0. The molecule has 0 spiro atoms. The fourth-order valence-electron chi connectivity index (χ4n) is 2.64. The molecule has 3 atom stereocenters. The summed E-state index contributed by atoms with van der Waals surface area (Å²) in [7, 11) is 0. The molecule has 3 unspecified atom stereocenters. The number of hydrogen-bond acceptors (Lipinski definition) is 2. The van der Waals surface area contributed by atoms with E-state index in [1.54, 1.807) is 0 Å². The SMILES string of the molecule is OC1CCOC2(C3CC3)CC12. The van der Waals surface area contributed by atoms with Crippen molar-refractivity contribution in [3.63, 3.8) is 0 Å². The Bertz CT molecular complexity index is 188. The second-order valence-electron chi connectivity index (χ2n) is 4.24. The van der Waals surface area contributed by atoms with Gasteiger partial charge < -0.3 is 9.84 Å². The third-order valence-corrected chi connectivity index (χ3v) is 3.52. The average Bonchev–Trinajstić information content (AvgIpc) is 2.84. The van der Waals surface area contributed by atoms with Gasteiger partial charge in [0.15, 0.2) is 0 Å². The van der Waals surface area contributed by atoms with Gasteiger partial charge in [-0.25, -0.2) is 0 Å². The van der Waals surface area contributed by atoms with Crippen molar-refractivity contribution in [3.05, 3.63) is 0 Å². The van der Waals surface area contributed by atoms with Gasteiger partial charge in [-0.2, -0.15) is 0 Å². The molecule has 3 rings (SSSR count). The van der Waals surface area contributed by atoms with Crippen molar-refractivity contribution in [1.29, 1.82) is 0 Å². The zero-order valence-corrected chi connectivity index (χ0v) is 6.62. The highest BCUT2D eigenvalue weighted by atomic mass is 16.5. The highest BCUT2D eigenvalue weighted by Crippen LogP contribution is 2.63. The van der Waals surface area contributed by atoms with Gasteiger partial charge in [-0.05, 0) is 31.6 Å². The van der Waals surface area contributed by atoms with Crippen molar-refractivity contribution >= 4 is 0 Å². The summed E-state index contributed by atoms with van der Waals surface area (Å²) < 4.78 is 5.77. The molecule has 0 aromatic carbocycles. The van der Waals surface area contributed by atoms with Crippen LogP contribution < -0.4 is 0 Å². The van der Waals surface area contributed by atoms with Crippen molar-refractivity contribution < 1.29 is 9.84 Å². The topological polar surface area (TPSA) is 29.5 Å². The molecule has 3 fully saturated rings. The zero-order valence-electron chi connectivity index (χ0n) is 6.62. The van der Waals surface area contributed by atoms with Crippen LogP contribution in [0.2, 0.25) is 0 Å². The Morgan fingerprint density at radius 3 is 2.82 bits per heavy atom. The molecule has 2 heteroatoms. The molecule has 11 heavy (non-hydrogen) atoms. The molecule has 1 saturated heterocycles. The van der Waals surface area contributed by atoms with E-state index >= 15 is 0 Å². The lowest BCUT2D eigenvalue weighted by Gasteiger charge is -2.26. The van der Waals surface area contributed by atoms with E-state index in [4.69, 9.17) is 4.74 Å². The van der Waals surface area contributed by atoms with Crippen LogP contribution in [-0.4, -0.2) is 23.4 Å². The molecular formula is C9H14O2. The van der Waals surface area contributed by atoms with E-state index in [-0.39, 0.29) is 11.7 Å². The third-order valence-electron chi connectivity index (χ3n) is 3.52. The van der Waals surface area contributed by atoms with Crippen LogP contribution in [0, 0.1) is 11.8 Å². The van der Waals surface area contributed by atoms with E-state index in [0.717, 1.165) is 25.4 Å².